The molecule has 0 spiro atoms. The Balaban J connectivity index is 0.000000175. The van der Waals surface area contributed by atoms with Crippen molar-refractivity contribution < 1.29 is 45.0 Å². The average Bonchev–Trinajstić information content (AvgIpc) is 2.96. The Labute approximate surface area is 252 Å². The number of pyridine rings is 3. The number of carboxylic acid groups (broad SMARTS) is 3. The molecule has 0 unspecified atom stereocenters. The van der Waals surface area contributed by atoms with E-state index in [1.165, 1.54) is 72.8 Å². The van der Waals surface area contributed by atoms with E-state index in [-0.39, 0.29) is 51.7 Å². The molecule has 6 aromatic rings. The number of hydrogen-bond acceptors (Lipinski definition) is 9. The van der Waals surface area contributed by atoms with Crippen LogP contribution < -0.4 is 15.3 Å². The maximum absolute atomic E-state index is 11.0. The molecule has 3 aromatic heterocycles. The first-order valence-corrected chi connectivity index (χ1v) is 11.9. The van der Waals surface area contributed by atoms with E-state index in [0.717, 1.165) is 0 Å². The van der Waals surface area contributed by atoms with Gasteiger partial charge in [-0.25, -0.2) is 29.3 Å². The Bertz CT molecular complexity index is 1760. The minimum absolute atomic E-state index is 0. The van der Waals surface area contributed by atoms with Gasteiger partial charge in [-0.2, -0.15) is 0 Å². The van der Waals surface area contributed by atoms with Gasteiger partial charge in [-0.3, -0.25) is 0 Å². The summed E-state index contributed by atoms with van der Waals surface area (Å²) in [7, 11) is 0. The van der Waals surface area contributed by atoms with Gasteiger partial charge in [0.2, 0.25) is 0 Å². The topological polar surface area (TPSA) is 220 Å². The molecule has 0 aliphatic carbocycles. The van der Waals surface area contributed by atoms with Crippen molar-refractivity contribution in [3.05, 3.63) is 108 Å². The van der Waals surface area contributed by atoms with E-state index >= 15 is 0 Å². The maximum atomic E-state index is 11.0. The molecule has 0 bridgehead atoms. The number of benzene rings is 3. The van der Waals surface area contributed by atoms with E-state index in [9.17, 15) is 29.7 Å². The summed E-state index contributed by atoms with van der Waals surface area (Å²) in [5.74, 6) is -3.54. The molecule has 0 fully saturated rings. The fourth-order valence-corrected chi connectivity index (χ4v) is 3.67. The summed E-state index contributed by atoms with van der Waals surface area (Å²) >= 11 is 0. The number of carbonyl (C=O) groups is 3. The van der Waals surface area contributed by atoms with Crippen LogP contribution in [0.15, 0.2) is 91.0 Å². The van der Waals surface area contributed by atoms with E-state index in [4.69, 9.17) is 15.3 Å². The molecular formula is C30H18AlN3O9. The van der Waals surface area contributed by atoms with Crippen molar-refractivity contribution in [3.63, 3.8) is 0 Å². The van der Waals surface area contributed by atoms with Crippen molar-refractivity contribution >= 4 is 68.0 Å². The minimum Gasteiger partial charge on any atom is -0.872 e. The zero-order valence-corrected chi connectivity index (χ0v) is 23.0. The summed E-state index contributed by atoms with van der Waals surface area (Å²) < 4.78 is 0. The van der Waals surface area contributed by atoms with Gasteiger partial charge in [-0.15, -0.1) is 17.2 Å². The van der Waals surface area contributed by atoms with Crippen molar-refractivity contribution in [2.45, 2.75) is 0 Å². The molecule has 0 amide bonds. The van der Waals surface area contributed by atoms with Crippen LogP contribution in [0.4, 0.5) is 0 Å². The molecular weight excluding hydrogens is 573 g/mol. The monoisotopic (exact) mass is 591 g/mol. The number of aromatic nitrogens is 3. The molecule has 0 saturated heterocycles. The third-order valence-corrected chi connectivity index (χ3v) is 5.64. The van der Waals surface area contributed by atoms with Crippen LogP contribution >= 0.6 is 0 Å². The first kappa shape index (κ1) is 31.8. The van der Waals surface area contributed by atoms with Crippen LogP contribution in [-0.4, -0.2) is 65.5 Å². The zero-order chi connectivity index (χ0) is 30.4. The van der Waals surface area contributed by atoms with E-state index in [1.54, 1.807) is 18.2 Å². The Morgan fingerprint density at radius 1 is 0.442 bits per heavy atom. The van der Waals surface area contributed by atoms with Crippen LogP contribution in [-0.2, 0) is 0 Å². The molecule has 0 aliphatic heterocycles. The molecule has 210 valence electrons. The quantitative estimate of drug-likeness (QED) is 0.253. The van der Waals surface area contributed by atoms with E-state index in [0.29, 0.717) is 32.7 Å². The Morgan fingerprint density at radius 2 is 0.698 bits per heavy atom. The van der Waals surface area contributed by atoms with Gasteiger partial charge in [0.15, 0.2) is 0 Å². The summed E-state index contributed by atoms with van der Waals surface area (Å²) in [6.07, 6.45) is 0. The third-order valence-electron chi connectivity index (χ3n) is 5.64. The van der Waals surface area contributed by atoms with Crippen LogP contribution in [0, 0.1) is 0 Å². The van der Waals surface area contributed by atoms with Gasteiger partial charge in [-0.1, -0.05) is 54.6 Å². The maximum Gasteiger partial charge on any atom is 3.00 e. The van der Waals surface area contributed by atoms with Crippen LogP contribution in [0.5, 0.6) is 17.2 Å². The van der Waals surface area contributed by atoms with Crippen LogP contribution in [0.3, 0.4) is 0 Å². The smallest absolute Gasteiger partial charge is 0.872 e. The van der Waals surface area contributed by atoms with Crippen molar-refractivity contribution in [2.75, 3.05) is 0 Å². The Morgan fingerprint density at radius 3 is 0.930 bits per heavy atom. The van der Waals surface area contributed by atoms with Crippen molar-refractivity contribution in [1.82, 2.24) is 15.0 Å². The first-order chi connectivity index (χ1) is 20.0. The first-order valence-electron chi connectivity index (χ1n) is 11.9. The fourth-order valence-electron chi connectivity index (χ4n) is 3.67. The van der Waals surface area contributed by atoms with Gasteiger partial charge in [0.1, 0.15) is 17.1 Å². The molecule has 0 radical (unpaired) electrons. The van der Waals surface area contributed by atoms with Gasteiger partial charge in [-0.05, 0) is 52.6 Å². The predicted molar refractivity (Wildman–Crippen MR) is 150 cm³/mol. The second kappa shape index (κ2) is 13.7. The Kier molecular flexibility index (Phi) is 10.1. The summed E-state index contributed by atoms with van der Waals surface area (Å²) in [4.78, 5) is 43.4. The van der Waals surface area contributed by atoms with E-state index < -0.39 is 17.9 Å². The second-order valence-corrected chi connectivity index (χ2v) is 8.57. The standard InChI is InChI=1S/3C10H7NO3.Al/c3*12-7-2-4-8-6(5-7)1-3-9(11-8)10(13)14;/h3*1-5,12H,(H,13,14);/q;;;+3/p-3. The van der Waals surface area contributed by atoms with Crippen LogP contribution in [0.25, 0.3) is 32.7 Å². The zero-order valence-electron chi connectivity index (χ0n) is 21.9. The summed E-state index contributed by atoms with van der Waals surface area (Å²) in [5.41, 5.74) is 1.50. The predicted octanol–water partition coefficient (Wildman–Crippen LogP) is 2.64. The SMILES string of the molecule is O=C(O)c1ccc2cc([O-])ccc2n1.O=C(O)c1ccc2cc([O-])ccc2n1.O=C(O)c1ccc2cc([O-])ccc2n1.[Al+3]. The van der Waals surface area contributed by atoms with Gasteiger partial charge in [0.25, 0.3) is 0 Å². The van der Waals surface area contributed by atoms with Gasteiger partial charge in [0.05, 0.1) is 16.6 Å². The minimum atomic E-state index is -1.07. The largest absolute Gasteiger partial charge is 3.00 e. The average molecular weight is 591 g/mol. The van der Waals surface area contributed by atoms with Crippen LogP contribution in [0.1, 0.15) is 31.5 Å². The molecule has 3 N–H and O–H groups in total. The van der Waals surface area contributed by atoms with Gasteiger partial charge < -0.3 is 30.6 Å². The molecule has 13 heteroatoms. The molecule has 3 aromatic carbocycles. The molecule has 43 heavy (non-hydrogen) atoms. The molecule has 3 heterocycles. The summed E-state index contributed by atoms with van der Waals surface area (Å²) in [5, 5.41) is 60.9. The van der Waals surface area contributed by atoms with E-state index in [2.05, 4.69) is 15.0 Å². The molecule has 0 saturated carbocycles. The fraction of sp³-hybridized carbons (Fsp3) is 0. The second-order valence-electron chi connectivity index (χ2n) is 8.57. The summed E-state index contributed by atoms with van der Waals surface area (Å²) in [6, 6.07) is 21.8. The normalized spacial score (nSPS) is 10.0. The molecule has 0 atom stereocenters. The number of carboxylic acids is 3. The number of hydrogen-bond donors (Lipinski definition) is 3. The molecule has 12 nitrogen and oxygen atoms in total. The summed E-state index contributed by atoms with van der Waals surface area (Å²) in [6.45, 7) is 0. The van der Waals surface area contributed by atoms with Crippen molar-refractivity contribution in [2.24, 2.45) is 0 Å². The molecule has 0 aliphatic rings. The molecule has 6 rings (SSSR count). The Hall–Kier alpha value is -5.77. The number of aromatic carboxylic acids is 3. The van der Waals surface area contributed by atoms with E-state index in [1.807, 2.05) is 0 Å². The third kappa shape index (κ3) is 8.14. The van der Waals surface area contributed by atoms with Crippen LogP contribution in [0.2, 0.25) is 0 Å². The van der Waals surface area contributed by atoms with Crippen molar-refractivity contribution in [1.29, 1.82) is 0 Å². The van der Waals surface area contributed by atoms with Gasteiger partial charge >= 0.3 is 35.3 Å². The number of nitrogens with zero attached hydrogens (tertiary/aromatic N) is 3. The van der Waals surface area contributed by atoms with Gasteiger partial charge in [0, 0.05) is 0 Å². The number of fused-ring (bicyclic) bond motifs is 3. The van der Waals surface area contributed by atoms with Crippen molar-refractivity contribution in [3.8, 4) is 17.2 Å². The number of rotatable bonds is 3.